The molecule has 28 heavy (non-hydrogen) atoms. The van der Waals surface area contributed by atoms with Crippen LogP contribution in [-0.4, -0.2) is 46.4 Å². The largest absolute Gasteiger partial charge is 0.444 e. The van der Waals surface area contributed by atoms with E-state index in [1.165, 1.54) is 12.3 Å². The summed E-state index contributed by atoms with van der Waals surface area (Å²) in [7, 11) is -4.27. The maximum Gasteiger partial charge on any atom is 0.408 e. The molecule has 2 N–H and O–H groups in total. The first-order valence-corrected chi connectivity index (χ1v) is 10.2. The van der Waals surface area contributed by atoms with Crippen LogP contribution in [0.25, 0.3) is 5.57 Å². The lowest BCUT2D eigenvalue weighted by atomic mass is 9.84. The number of hydrogen-bond acceptors (Lipinski definition) is 7. The highest BCUT2D eigenvalue weighted by molar-refractivity contribution is 7.85. The van der Waals surface area contributed by atoms with E-state index in [-0.39, 0.29) is 5.69 Å². The first kappa shape index (κ1) is 21.8. The number of nitrogens with zero attached hydrogens (tertiary/aromatic N) is 2. The zero-order chi connectivity index (χ0) is 21.1. The van der Waals surface area contributed by atoms with Crippen molar-refractivity contribution in [3.05, 3.63) is 40.2 Å². The third-order valence-electron chi connectivity index (χ3n) is 4.12. The van der Waals surface area contributed by atoms with Gasteiger partial charge in [-0.3, -0.25) is 19.7 Å². The van der Waals surface area contributed by atoms with E-state index in [0.717, 1.165) is 6.20 Å². The maximum absolute atomic E-state index is 12.2. The highest BCUT2D eigenvalue weighted by Crippen LogP contribution is 2.35. The average molecular weight is 413 g/mol. The molecule has 2 rings (SSSR count). The van der Waals surface area contributed by atoms with Gasteiger partial charge in [0.05, 0.1) is 22.3 Å². The number of nitrogens with one attached hydrogen (secondary N) is 1. The van der Waals surface area contributed by atoms with Gasteiger partial charge in [0.25, 0.3) is 15.8 Å². The molecule has 0 radical (unpaired) electrons. The van der Waals surface area contributed by atoms with Crippen LogP contribution in [0.2, 0.25) is 0 Å². The summed E-state index contributed by atoms with van der Waals surface area (Å²) in [6.07, 6.45) is 4.02. The molecule has 2 unspecified atom stereocenters. The van der Waals surface area contributed by atoms with E-state index in [0.29, 0.717) is 24.0 Å². The van der Waals surface area contributed by atoms with E-state index < -0.39 is 44.4 Å². The molecule has 0 fully saturated rings. The molecule has 0 aliphatic heterocycles. The van der Waals surface area contributed by atoms with Gasteiger partial charge in [0, 0.05) is 6.20 Å². The number of carbonyl (C=O) groups is 1. The van der Waals surface area contributed by atoms with Gasteiger partial charge < -0.3 is 10.1 Å². The Bertz CT molecular complexity index is 890. The van der Waals surface area contributed by atoms with E-state index >= 15 is 0 Å². The highest BCUT2D eigenvalue weighted by atomic mass is 32.2. The number of aromatic nitrogens is 1. The Hall–Kier alpha value is -2.53. The number of allylic oxidation sites excluding steroid dienone is 1. The van der Waals surface area contributed by atoms with Gasteiger partial charge in [-0.1, -0.05) is 6.08 Å². The average Bonchev–Trinajstić information content (AvgIpc) is 2.53. The normalized spacial score (nSPS) is 20.2. The van der Waals surface area contributed by atoms with Gasteiger partial charge in [-0.15, -0.1) is 0 Å². The predicted octanol–water partition coefficient (Wildman–Crippen LogP) is 2.56. The quantitative estimate of drug-likeness (QED) is 0.425. The molecule has 1 amide bonds. The zero-order valence-corrected chi connectivity index (χ0v) is 16.6. The minimum Gasteiger partial charge on any atom is -0.444 e. The number of rotatable bonds is 5. The number of nitro groups is 1. The molecule has 0 saturated carbocycles. The maximum atomic E-state index is 12.2. The van der Waals surface area contributed by atoms with Gasteiger partial charge in [0.2, 0.25) is 0 Å². The summed E-state index contributed by atoms with van der Waals surface area (Å²) >= 11 is 0. The molecule has 1 aromatic heterocycles. The molecule has 1 heterocycles. The standard InChI is InChI=1S/C17H23N3O7S/c1-17(2,3)27-16(21)19-14-8-11(4-5-12(14)10-28(24,25)26)13-6-7-18-9-15(13)20(22)23/h6-9,12,14H,4-5,10H2,1-3H3,(H,19,21)(H,24,25,26). The number of pyridine rings is 1. The van der Waals surface area contributed by atoms with Crippen molar-refractivity contribution < 1.29 is 27.4 Å². The van der Waals surface area contributed by atoms with Crippen LogP contribution < -0.4 is 5.32 Å². The van der Waals surface area contributed by atoms with Crippen LogP contribution >= 0.6 is 0 Å². The second-order valence-electron chi connectivity index (χ2n) is 7.56. The third kappa shape index (κ3) is 6.27. The van der Waals surface area contributed by atoms with Crippen molar-refractivity contribution in [1.29, 1.82) is 0 Å². The van der Waals surface area contributed by atoms with Gasteiger partial charge in [-0.2, -0.15) is 8.42 Å². The van der Waals surface area contributed by atoms with Crippen LogP contribution in [0, 0.1) is 16.0 Å². The predicted molar refractivity (Wildman–Crippen MR) is 101 cm³/mol. The Kier molecular flexibility index (Phi) is 6.40. The molecule has 0 saturated heterocycles. The van der Waals surface area contributed by atoms with E-state index in [4.69, 9.17) is 4.74 Å². The highest BCUT2D eigenvalue weighted by Gasteiger charge is 2.32. The molecule has 0 spiro atoms. The number of ether oxygens (including phenoxy) is 1. The van der Waals surface area contributed by atoms with Crippen LogP contribution in [0.15, 0.2) is 24.5 Å². The Balaban J connectivity index is 2.36. The molecule has 154 valence electrons. The molecule has 1 aromatic rings. The summed E-state index contributed by atoms with van der Waals surface area (Å²) in [6, 6.07) is 0.714. The van der Waals surface area contributed by atoms with Crippen LogP contribution in [0.4, 0.5) is 10.5 Å². The smallest absolute Gasteiger partial charge is 0.408 e. The number of hydrogen-bond donors (Lipinski definition) is 2. The fourth-order valence-corrected chi connectivity index (χ4v) is 3.96. The Labute approximate surface area is 162 Å². The van der Waals surface area contributed by atoms with Crippen molar-refractivity contribution in [3.8, 4) is 0 Å². The van der Waals surface area contributed by atoms with Crippen molar-refractivity contribution >= 4 is 27.5 Å². The Morgan fingerprint density at radius 3 is 2.71 bits per heavy atom. The van der Waals surface area contributed by atoms with Gasteiger partial charge in [-0.25, -0.2) is 4.79 Å². The number of carbonyl (C=O) groups excluding carboxylic acids is 1. The fraction of sp³-hybridized carbons (Fsp3) is 0.529. The fourth-order valence-electron chi connectivity index (χ4n) is 3.04. The van der Waals surface area contributed by atoms with Crippen molar-refractivity contribution in [2.45, 2.75) is 45.3 Å². The molecule has 0 bridgehead atoms. The van der Waals surface area contributed by atoms with Crippen LogP contribution in [0.5, 0.6) is 0 Å². The lowest BCUT2D eigenvalue weighted by Crippen LogP contribution is -2.45. The monoisotopic (exact) mass is 413 g/mol. The van der Waals surface area contributed by atoms with Crippen molar-refractivity contribution in [2.75, 3.05) is 5.75 Å². The summed E-state index contributed by atoms with van der Waals surface area (Å²) in [6.45, 7) is 5.06. The Morgan fingerprint density at radius 1 is 1.46 bits per heavy atom. The second-order valence-corrected chi connectivity index (χ2v) is 9.06. The van der Waals surface area contributed by atoms with Crippen LogP contribution in [-0.2, 0) is 14.9 Å². The summed E-state index contributed by atoms with van der Waals surface area (Å²) in [5, 5.41) is 13.9. The van der Waals surface area contributed by atoms with Crippen LogP contribution in [0.3, 0.4) is 0 Å². The van der Waals surface area contributed by atoms with Gasteiger partial charge >= 0.3 is 6.09 Å². The molecule has 1 aliphatic carbocycles. The van der Waals surface area contributed by atoms with E-state index in [1.807, 2.05) is 0 Å². The summed E-state index contributed by atoms with van der Waals surface area (Å²) in [5.41, 5.74) is -0.00526. The topological polar surface area (TPSA) is 149 Å². The van der Waals surface area contributed by atoms with Crippen molar-refractivity contribution in [3.63, 3.8) is 0 Å². The number of amides is 1. The summed E-state index contributed by atoms with van der Waals surface area (Å²) in [4.78, 5) is 26.6. The molecule has 2 atom stereocenters. The first-order chi connectivity index (χ1) is 12.9. The van der Waals surface area contributed by atoms with E-state index in [1.54, 1.807) is 26.8 Å². The lowest BCUT2D eigenvalue weighted by molar-refractivity contribution is -0.385. The van der Waals surface area contributed by atoms with Gasteiger partial charge in [-0.05, 0) is 51.2 Å². The minimum absolute atomic E-state index is 0.182. The second kappa shape index (κ2) is 8.23. The third-order valence-corrected chi connectivity index (χ3v) is 4.97. The zero-order valence-electron chi connectivity index (χ0n) is 15.8. The molecular weight excluding hydrogens is 390 g/mol. The summed E-state index contributed by atoms with van der Waals surface area (Å²) in [5.74, 6) is -1.15. The van der Waals surface area contributed by atoms with Crippen LogP contribution in [0.1, 0.15) is 39.2 Å². The van der Waals surface area contributed by atoms with Gasteiger partial charge in [0.15, 0.2) is 0 Å². The van der Waals surface area contributed by atoms with E-state index in [9.17, 15) is 27.9 Å². The van der Waals surface area contributed by atoms with Gasteiger partial charge in [0.1, 0.15) is 11.8 Å². The molecule has 1 aliphatic rings. The number of alkyl carbamates (subject to hydrolysis) is 1. The minimum atomic E-state index is -4.27. The Morgan fingerprint density at radius 2 is 2.14 bits per heavy atom. The summed E-state index contributed by atoms with van der Waals surface area (Å²) < 4.78 is 37.1. The first-order valence-electron chi connectivity index (χ1n) is 8.60. The SMILES string of the molecule is CC(C)(C)OC(=O)NC1C=C(c2ccncc2[N+](=O)[O-])CCC1CS(=O)(=O)O. The molecule has 10 nitrogen and oxygen atoms in total. The molecular formula is C17H23N3O7S. The van der Waals surface area contributed by atoms with Crippen molar-refractivity contribution in [2.24, 2.45) is 5.92 Å². The van der Waals surface area contributed by atoms with Crippen molar-refractivity contribution in [1.82, 2.24) is 10.3 Å². The lowest BCUT2D eigenvalue weighted by Gasteiger charge is -2.31. The molecule has 11 heteroatoms. The molecule has 0 aromatic carbocycles. The van der Waals surface area contributed by atoms with E-state index in [2.05, 4.69) is 10.3 Å².